The number of nitrogens with zero attached hydrogens (tertiary/aromatic N) is 1. The number of rotatable bonds is 20. The molecular formula is C23H47N3. The van der Waals surface area contributed by atoms with Gasteiger partial charge in [-0.3, -0.25) is 10.9 Å². The molecule has 0 aromatic rings. The van der Waals surface area contributed by atoms with Crippen molar-refractivity contribution in [3.8, 4) is 0 Å². The first-order valence-corrected chi connectivity index (χ1v) is 11.2. The molecule has 0 aliphatic rings. The molecular weight excluding hydrogens is 318 g/mol. The van der Waals surface area contributed by atoms with Crippen molar-refractivity contribution in [2.24, 2.45) is 0 Å². The first-order chi connectivity index (χ1) is 12.8. The predicted octanol–water partition coefficient (Wildman–Crippen LogP) is 5.85. The van der Waals surface area contributed by atoms with Crippen LogP contribution < -0.4 is 10.9 Å². The molecule has 3 heteroatoms. The number of unbranched alkanes of at least 4 members (excludes halogenated alkanes) is 10. The SMILES string of the molecule is CCCCC/C=C\C/C=C\CCCCCCCCCNNCCN(C)C. The van der Waals surface area contributed by atoms with Gasteiger partial charge in [0.1, 0.15) is 0 Å². The highest BCUT2D eigenvalue weighted by molar-refractivity contribution is 4.92. The normalized spacial score (nSPS) is 12.2. The van der Waals surface area contributed by atoms with E-state index in [2.05, 4.69) is 61.1 Å². The Morgan fingerprint density at radius 3 is 1.77 bits per heavy atom. The van der Waals surface area contributed by atoms with Crippen LogP contribution in [0.25, 0.3) is 0 Å². The van der Waals surface area contributed by atoms with Crippen LogP contribution in [0.4, 0.5) is 0 Å². The van der Waals surface area contributed by atoms with Gasteiger partial charge in [-0.1, -0.05) is 76.2 Å². The van der Waals surface area contributed by atoms with Gasteiger partial charge in [0, 0.05) is 19.6 Å². The number of likely N-dealkylation sites (N-methyl/N-ethyl adjacent to an activating group) is 1. The van der Waals surface area contributed by atoms with Crippen LogP contribution in [0, 0.1) is 0 Å². The van der Waals surface area contributed by atoms with E-state index in [1.54, 1.807) is 0 Å². The summed E-state index contributed by atoms with van der Waals surface area (Å²) in [5.41, 5.74) is 6.57. The Morgan fingerprint density at radius 2 is 1.15 bits per heavy atom. The minimum Gasteiger partial charge on any atom is -0.308 e. The van der Waals surface area contributed by atoms with E-state index in [9.17, 15) is 0 Å². The van der Waals surface area contributed by atoms with Crippen molar-refractivity contribution in [2.75, 3.05) is 33.7 Å². The summed E-state index contributed by atoms with van der Waals surface area (Å²) in [7, 11) is 4.21. The smallest absolute Gasteiger partial charge is 0.0227 e. The Morgan fingerprint density at radius 1 is 0.615 bits per heavy atom. The first kappa shape index (κ1) is 25.4. The second kappa shape index (κ2) is 22.4. The van der Waals surface area contributed by atoms with Gasteiger partial charge in [0.15, 0.2) is 0 Å². The van der Waals surface area contributed by atoms with Gasteiger partial charge in [-0.2, -0.15) is 0 Å². The fourth-order valence-electron chi connectivity index (χ4n) is 2.83. The fraction of sp³-hybridized carbons (Fsp3) is 0.826. The Labute approximate surface area is 164 Å². The van der Waals surface area contributed by atoms with Gasteiger partial charge < -0.3 is 4.90 Å². The molecule has 0 bridgehead atoms. The van der Waals surface area contributed by atoms with Crippen LogP contribution in [-0.4, -0.2) is 38.6 Å². The fourth-order valence-corrected chi connectivity index (χ4v) is 2.83. The molecule has 0 aliphatic heterocycles. The molecule has 0 rings (SSSR count). The molecule has 26 heavy (non-hydrogen) atoms. The summed E-state index contributed by atoms with van der Waals surface area (Å²) in [6.07, 6.45) is 26.6. The summed E-state index contributed by atoms with van der Waals surface area (Å²) in [5.74, 6) is 0. The lowest BCUT2D eigenvalue weighted by atomic mass is 10.1. The summed E-state index contributed by atoms with van der Waals surface area (Å²) in [6, 6.07) is 0. The van der Waals surface area contributed by atoms with E-state index in [1.807, 2.05) is 0 Å². The van der Waals surface area contributed by atoms with Gasteiger partial charge in [0.2, 0.25) is 0 Å². The van der Waals surface area contributed by atoms with E-state index >= 15 is 0 Å². The number of hydrogen-bond donors (Lipinski definition) is 2. The minimum atomic E-state index is 1.01. The molecule has 154 valence electrons. The summed E-state index contributed by atoms with van der Waals surface area (Å²) in [5, 5.41) is 0. The van der Waals surface area contributed by atoms with Crippen LogP contribution in [0.2, 0.25) is 0 Å². The van der Waals surface area contributed by atoms with Gasteiger partial charge in [-0.25, -0.2) is 0 Å². The number of allylic oxidation sites excluding steroid dienone is 4. The topological polar surface area (TPSA) is 27.3 Å². The maximum Gasteiger partial charge on any atom is 0.0227 e. The average Bonchev–Trinajstić information content (AvgIpc) is 2.62. The van der Waals surface area contributed by atoms with Crippen molar-refractivity contribution in [3.63, 3.8) is 0 Å². The molecule has 0 fully saturated rings. The van der Waals surface area contributed by atoms with E-state index < -0.39 is 0 Å². The number of hydrazine groups is 1. The lowest BCUT2D eigenvalue weighted by Crippen LogP contribution is -2.37. The van der Waals surface area contributed by atoms with Crippen molar-refractivity contribution in [3.05, 3.63) is 24.3 Å². The molecule has 0 saturated heterocycles. The first-order valence-electron chi connectivity index (χ1n) is 11.2. The summed E-state index contributed by atoms with van der Waals surface area (Å²) >= 11 is 0. The van der Waals surface area contributed by atoms with Crippen LogP contribution in [-0.2, 0) is 0 Å². The van der Waals surface area contributed by atoms with Crippen LogP contribution in [0.5, 0.6) is 0 Å². The van der Waals surface area contributed by atoms with Crippen LogP contribution >= 0.6 is 0 Å². The van der Waals surface area contributed by atoms with Crippen molar-refractivity contribution < 1.29 is 0 Å². The molecule has 0 unspecified atom stereocenters. The lowest BCUT2D eigenvalue weighted by molar-refractivity contribution is 0.380. The van der Waals surface area contributed by atoms with Crippen molar-refractivity contribution in [1.82, 2.24) is 15.8 Å². The van der Waals surface area contributed by atoms with E-state index in [0.717, 1.165) is 26.1 Å². The largest absolute Gasteiger partial charge is 0.308 e. The van der Waals surface area contributed by atoms with Gasteiger partial charge in [-0.05, 0) is 52.6 Å². The molecule has 0 radical (unpaired) electrons. The van der Waals surface area contributed by atoms with E-state index in [-0.39, 0.29) is 0 Å². The average molecular weight is 366 g/mol. The molecule has 0 saturated carbocycles. The predicted molar refractivity (Wildman–Crippen MR) is 119 cm³/mol. The van der Waals surface area contributed by atoms with Crippen molar-refractivity contribution in [1.29, 1.82) is 0 Å². The molecule has 0 spiro atoms. The van der Waals surface area contributed by atoms with Gasteiger partial charge in [0.05, 0.1) is 0 Å². The molecule has 0 aromatic heterocycles. The molecule has 0 amide bonds. The quantitative estimate of drug-likeness (QED) is 0.161. The summed E-state index contributed by atoms with van der Waals surface area (Å²) in [4.78, 5) is 2.19. The van der Waals surface area contributed by atoms with Gasteiger partial charge in [0.25, 0.3) is 0 Å². The molecule has 0 heterocycles. The van der Waals surface area contributed by atoms with Crippen LogP contribution in [0.1, 0.15) is 90.4 Å². The highest BCUT2D eigenvalue weighted by Gasteiger charge is 1.92. The van der Waals surface area contributed by atoms with Crippen molar-refractivity contribution in [2.45, 2.75) is 90.4 Å². The second-order valence-corrected chi connectivity index (χ2v) is 7.59. The monoisotopic (exact) mass is 365 g/mol. The maximum absolute atomic E-state index is 3.30. The zero-order valence-corrected chi connectivity index (χ0v) is 18.1. The van der Waals surface area contributed by atoms with E-state index in [0.29, 0.717) is 0 Å². The van der Waals surface area contributed by atoms with Crippen LogP contribution in [0.15, 0.2) is 24.3 Å². The highest BCUT2D eigenvalue weighted by Crippen LogP contribution is 2.09. The second-order valence-electron chi connectivity index (χ2n) is 7.59. The van der Waals surface area contributed by atoms with E-state index in [1.165, 1.54) is 77.0 Å². The third kappa shape index (κ3) is 23.4. The maximum atomic E-state index is 3.30. The van der Waals surface area contributed by atoms with Gasteiger partial charge in [-0.15, -0.1) is 0 Å². The standard InChI is InChI=1S/C23H47N3/c1-4-5-6-7-8-9-10-11-12-13-14-15-16-17-18-19-20-21-24-25-22-23-26(2)3/h8-9,11-12,24-25H,4-7,10,13-23H2,1-3H3/b9-8-,12-11-. The molecule has 0 aliphatic carbocycles. The number of nitrogens with one attached hydrogen (secondary N) is 2. The Bertz CT molecular complexity index is 311. The molecule has 0 aromatic carbocycles. The Hall–Kier alpha value is -0.640. The molecule has 3 nitrogen and oxygen atoms in total. The summed E-state index contributed by atoms with van der Waals surface area (Å²) < 4.78 is 0. The molecule has 0 atom stereocenters. The number of hydrogen-bond acceptors (Lipinski definition) is 3. The van der Waals surface area contributed by atoms with Gasteiger partial charge >= 0.3 is 0 Å². The lowest BCUT2D eigenvalue weighted by Gasteiger charge is -2.11. The Balaban J connectivity index is 3.11. The Kier molecular flexibility index (Phi) is 21.8. The van der Waals surface area contributed by atoms with Crippen LogP contribution in [0.3, 0.4) is 0 Å². The highest BCUT2D eigenvalue weighted by atomic mass is 15.4. The third-order valence-electron chi connectivity index (χ3n) is 4.56. The third-order valence-corrected chi connectivity index (χ3v) is 4.56. The van der Waals surface area contributed by atoms with E-state index in [4.69, 9.17) is 0 Å². The summed E-state index contributed by atoms with van der Waals surface area (Å²) in [6.45, 7) is 5.44. The molecule has 2 N–H and O–H groups in total. The zero-order chi connectivity index (χ0) is 19.1. The van der Waals surface area contributed by atoms with Crippen molar-refractivity contribution >= 4 is 0 Å². The zero-order valence-electron chi connectivity index (χ0n) is 18.1. The minimum absolute atomic E-state index is 1.01.